The minimum Gasteiger partial charge on any atom is -0.481 e. The molecule has 0 aromatic heterocycles. The van der Waals surface area contributed by atoms with Gasteiger partial charge >= 0.3 is 5.97 Å². The van der Waals surface area contributed by atoms with Crippen LogP contribution in [0.3, 0.4) is 0 Å². The van der Waals surface area contributed by atoms with Crippen LogP contribution in [-0.2, 0) is 15.0 Å². The maximum Gasteiger partial charge on any atom is 0.307 e. The Morgan fingerprint density at radius 2 is 2.18 bits per heavy atom. The zero-order valence-electron chi connectivity index (χ0n) is 9.70. The van der Waals surface area contributed by atoms with Gasteiger partial charge in [-0.25, -0.2) is 0 Å². The van der Waals surface area contributed by atoms with Crippen LogP contribution in [0.4, 0.5) is 5.69 Å². The summed E-state index contributed by atoms with van der Waals surface area (Å²) in [7, 11) is 0. The van der Waals surface area contributed by atoms with Crippen LogP contribution in [0.2, 0.25) is 0 Å². The molecule has 1 aromatic carbocycles. The van der Waals surface area contributed by atoms with Crippen molar-refractivity contribution in [1.29, 1.82) is 0 Å². The molecule has 1 saturated carbocycles. The number of aryl methyl sites for hydroxylation is 2. The number of benzene rings is 1. The number of carboxylic acid groups (broad SMARTS) is 1. The van der Waals surface area contributed by atoms with E-state index in [1.165, 1.54) is 0 Å². The monoisotopic (exact) mass is 231 g/mol. The second-order valence-electron chi connectivity index (χ2n) is 5.02. The normalized spacial score (nSPS) is 29.1. The second kappa shape index (κ2) is 2.88. The van der Waals surface area contributed by atoms with Gasteiger partial charge < -0.3 is 10.4 Å². The minimum atomic E-state index is -0.882. The molecule has 1 fully saturated rings. The van der Waals surface area contributed by atoms with Crippen LogP contribution in [0, 0.1) is 19.8 Å². The van der Waals surface area contributed by atoms with Crippen LogP contribution >= 0.6 is 0 Å². The highest BCUT2D eigenvalue weighted by atomic mass is 16.4. The highest BCUT2D eigenvalue weighted by Crippen LogP contribution is 2.60. The predicted octanol–water partition coefficient (Wildman–Crippen LogP) is 1.60. The van der Waals surface area contributed by atoms with E-state index in [-0.39, 0.29) is 5.91 Å². The van der Waals surface area contributed by atoms with Crippen LogP contribution in [0.25, 0.3) is 0 Å². The van der Waals surface area contributed by atoms with E-state index in [1.807, 2.05) is 26.0 Å². The van der Waals surface area contributed by atoms with Crippen molar-refractivity contribution in [2.24, 2.45) is 5.92 Å². The van der Waals surface area contributed by atoms with Gasteiger partial charge in [-0.2, -0.15) is 0 Å². The highest BCUT2D eigenvalue weighted by Gasteiger charge is 2.68. The Balaban J connectivity index is 2.19. The maximum absolute atomic E-state index is 12.0. The molecule has 4 nitrogen and oxygen atoms in total. The molecule has 1 aliphatic carbocycles. The number of hydrogen-bond donors (Lipinski definition) is 2. The Morgan fingerprint density at radius 1 is 1.47 bits per heavy atom. The molecule has 2 aliphatic rings. The van der Waals surface area contributed by atoms with Gasteiger partial charge in [-0.1, -0.05) is 17.7 Å². The van der Waals surface area contributed by atoms with Gasteiger partial charge in [-0.3, -0.25) is 9.59 Å². The summed E-state index contributed by atoms with van der Waals surface area (Å²) in [5, 5.41) is 11.9. The number of fused-ring (bicyclic) bond motifs is 2. The topological polar surface area (TPSA) is 66.4 Å². The van der Waals surface area contributed by atoms with Crippen LogP contribution in [0.1, 0.15) is 23.1 Å². The second-order valence-corrected chi connectivity index (χ2v) is 5.02. The van der Waals surface area contributed by atoms with Gasteiger partial charge in [0.1, 0.15) is 0 Å². The molecule has 1 amide bonds. The molecule has 1 aliphatic heterocycles. The van der Waals surface area contributed by atoms with E-state index in [0.717, 1.165) is 22.4 Å². The van der Waals surface area contributed by atoms with Gasteiger partial charge in [-0.05, 0) is 31.4 Å². The molecule has 4 heteroatoms. The Bertz CT molecular complexity index is 564. The highest BCUT2D eigenvalue weighted by molar-refractivity contribution is 6.12. The van der Waals surface area contributed by atoms with Crippen molar-refractivity contribution in [3.05, 3.63) is 28.8 Å². The quantitative estimate of drug-likeness (QED) is 0.771. The standard InChI is InChI=1S/C13H13NO3/c1-6-3-7(2)10-8(4-6)13(12(17)14-10)5-9(13)11(15)16/h3-4,9H,5H2,1-2H3,(H,14,17)(H,15,16). The molecule has 1 heterocycles. The molecule has 0 radical (unpaired) electrons. The first-order chi connectivity index (χ1) is 7.96. The fraction of sp³-hybridized carbons (Fsp3) is 0.385. The number of anilines is 1. The fourth-order valence-corrected chi connectivity index (χ4v) is 2.94. The van der Waals surface area contributed by atoms with Crippen molar-refractivity contribution in [3.63, 3.8) is 0 Å². The number of nitrogens with one attached hydrogen (secondary N) is 1. The lowest BCUT2D eigenvalue weighted by molar-refractivity contribution is -0.140. The van der Waals surface area contributed by atoms with Crippen molar-refractivity contribution < 1.29 is 14.7 Å². The van der Waals surface area contributed by atoms with Crippen LogP contribution in [-0.4, -0.2) is 17.0 Å². The van der Waals surface area contributed by atoms with Gasteiger partial charge in [0.05, 0.1) is 11.3 Å². The number of carbonyl (C=O) groups excluding carboxylic acids is 1. The zero-order chi connectivity index (χ0) is 12.4. The van der Waals surface area contributed by atoms with Crippen molar-refractivity contribution in [3.8, 4) is 0 Å². The van der Waals surface area contributed by atoms with E-state index >= 15 is 0 Å². The minimum absolute atomic E-state index is 0.159. The third-order valence-electron chi connectivity index (χ3n) is 3.86. The van der Waals surface area contributed by atoms with E-state index in [2.05, 4.69) is 5.32 Å². The zero-order valence-corrected chi connectivity index (χ0v) is 9.70. The first-order valence-electron chi connectivity index (χ1n) is 5.63. The predicted molar refractivity (Wildman–Crippen MR) is 62.0 cm³/mol. The molecule has 2 N–H and O–H groups in total. The van der Waals surface area contributed by atoms with Crippen LogP contribution < -0.4 is 5.32 Å². The van der Waals surface area contributed by atoms with E-state index in [0.29, 0.717) is 6.42 Å². The maximum atomic E-state index is 12.0. The summed E-state index contributed by atoms with van der Waals surface area (Å²) in [6.45, 7) is 3.89. The third kappa shape index (κ3) is 1.12. The molecule has 0 saturated heterocycles. The van der Waals surface area contributed by atoms with E-state index in [9.17, 15) is 9.59 Å². The molecular formula is C13H13NO3. The number of hydrogen-bond acceptors (Lipinski definition) is 2. The van der Waals surface area contributed by atoms with E-state index in [4.69, 9.17) is 5.11 Å². The lowest BCUT2D eigenvalue weighted by Crippen LogP contribution is -2.24. The summed E-state index contributed by atoms with van der Waals surface area (Å²) in [5.41, 5.74) is 2.95. The van der Waals surface area contributed by atoms with Gasteiger partial charge in [0.15, 0.2) is 0 Å². The van der Waals surface area contributed by atoms with Gasteiger partial charge in [0, 0.05) is 5.69 Å². The number of carboxylic acids is 1. The summed E-state index contributed by atoms with van der Waals surface area (Å²) in [6.07, 6.45) is 0.421. The van der Waals surface area contributed by atoms with Gasteiger partial charge in [0.2, 0.25) is 5.91 Å². The molecule has 0 bridgehead atoms. The van der Waals surface area contributed by atoms with Crippen molar-refractivity contribution in [1.82, 2.24) is 0 Å². The first kappa shape index (κ1) is 10.3. The Kier molecular flexibility index (Phi) is 1.75. The van der Waals surface area contributed by atoms with Crippen molar-refractivity contribution in [2.75, 3.05) is 5.32 Å². The Morgan fingerprint density at radius 3 is 2.76 bits per heavy atom. The number of aliphatic carboxylic acids is 1. The first-order valence-corrected chi connectivity index (χ1v) is 5.63. The largest absolute Gasteiger partial charge is 0.481 e. The average Bonchev–Trinajstić information content (AvgIpc) is 2.91. The fourth-order valence-electron chi connectivity index (χ4n) is 2.94. The number of carbonyl (C=O) groups is 2. The molecule has 1 spiro atoms. The smallest absolute Gasteiger partial charge is 0.307 e. The number of rotatable bonds is 1. The van der Waals surface area contributed by atoms with E-state index in [1.54, 1.807) is 0 Å². The lowest BCUT2D eigenvalue weighted by Gasteiger charge is -2.08. The van der Waals surface area contributed by atoms with Gasteiger partial charge in [0.25, 0.3) is 0 Å². The van der Waals surface area contributed by atoms with Crippen LogP contribution in [0.5, 0.6) is 0 Å². The molecule has 17 heavy (non-hydrogen) atoms. The number of amides is 1. The van der Waals surface area contributed by atoms with E-state index < -0.39 is 17.3 Å². The average molecular weight is 231 g/mol. The summed E-state index contributed by atoms with van der Waals surface area (Å²) in [6, 6.07) is 3.93. The lowest BCUT2D eigenvalue weighted by atomic mass is 9.92. The summed E-state index contributed by atoms with van der Waals surface area (Å²) >= 11 is 0. The molecule has 3 rings (SSSR count). The SMILES string of the molecule is Cc1cc(C)c2c(c1)C1(CC1C(=O)O)C(=O)N2. The molecule has 2 atom stereocenters. The van der Waals surface area contributed by atoms with Crippen molar-refractivity contribution in [2.45, 2.75) is 25.7 Å². The molecular weight excluding hydrogens is 218 g/mol. The summed E-state index contributed by atoms with van der Waals surface area (Å²) in [4.78, 5) is 23.1. The van der Waals surface area contributed by atoms with Gasteiger partial charge in [-0.15, -0.1) is 0 Å². The summed E-state index contributed by atoms with van der Waals surface area (Å²) in [5.74, 6) is -1.61. The summed E-state index contributed by atoms with van der Waals surface area (Å²) < 4.78 is 0. The molecule has 1 aromatic rings. The molecule has 2 unspecified atom stereocenters. The van der Waals surface area contributed by atoms with Crippen LogP contribution in [0.15, 0.2) is 12.1 Å². The third-order valence-corrected chi connectivity index (χ3v) is 3.86. The Labute approximate surface area is 98.6 Å². The molecule has 88 valence electrons. The van der Waals surface area contributed by atoms with Crippen molar-refractivity contribution >= 4 is 17.6 Å². The Hall–Kier alpha value is -1.84.